The molecule has 173 valence electrons. The zero-order valence-corrected chi connectivity index (χ0v) is 21.1. The normalized spacial score (nSPS) is 17.4. The zero-order valence-electron chi connectivity index (χ0n) is 21.1. The second-order valence-electron chi connectivity index (χ2n) is 11.1. The van der Waals surface area contributed by atoms with Gasteiger partial charge in [0.05, 0.1) is 0 Å². The van der Waals surface area contributed by atoms with E-state index in [1.807, 2.05) is 0 Å². The van der Waals surface area contributed by atoms with Crippen LogP contribution in [0.25, 0.3) is 5.57 Å². The standard InChI is InChI=1S/C30H47O/c1-6-7-8-9-10-11-12-13-14-15-16-17-18-26(24-31)25-19-20-27-28(23-25)30(4,5)22-21-29(27,2)3/h18-20,23H,6-17,21-22H2,1-5H3/b26-18-. The summed E-state index contributed by atoms with van der Waals surface area (Å²) in [5.74, 6) is 0. The van der Waals surface area contributed by atoms with Gasteiger partial charge in [-0.25, -0.2) is 0 Å². The quantitative estimate of drug-likeness (QED) is 0.215. The van der Waals surface area contributed by atoms with Crippen molar-refractivity contribution in [3.05, 3.63) is 41.0 Å². The van der Waals surface area contributed by atoms with Crippen LogP contribution in [0.5, 0.6) is 0 Å². The van der Waals surface area contributed by atoms with Crippen molar-refractivity contribution >= 4 is 11.9 Å². The highest BCUT2D eigenvalue weighted by Crippen LogP contribution is 2.46. The second-order valence-corrected chi connectivity index (χ2v) is 11.1. The first-order valence-corrected chi connectivity index (χ1v) is 13.1. The molecule has 0 saturated carbocycles. The molecule has 2 rings (SSSR count). The molecule has 1 aliphatic carbocycles. The van der Waals surface area contributed by atoms with Gasteiger partial charge in [0.1, 0.15) is 0 Å². The molecule has 31 heavy (non-hydrogen) atoms. The van der Waals surface area contributed by atoms with Gasteiger partial charge in [-0.15, -0.1) is 0 Å². The number of hydrogen-bond donors (Lipinski definition) is 0. The van der Waals surface area contributed by atoms with E-state index in [9.17, 15) is 4.79 Å². The lowest BCUT2D eigenvalue weighted by Crippen LogP contribution is -2.33. The number of allylic oxidation sites excluding steroid dienone is 2. The van der Waals surface area contributed by atoms with E-state index in [1.165, 1.54) is 94.6 Å². The minimum Gasteiger partial charge on any atom is -0.285 e. The van der Waals surface area contributed by atoms with E-state index in [1.54, 1.807) is 0 Å². The molecule has 0 spiro atoms. The van der Waals surface area contributed by atoms with Crippen LogP contribution in [-0.2, 0) is 15.6 Å². The third-order valence-corrected chi connectivity index (χ3v) is 7.43. The van der Waals surface area contributed by atoms with Crippen molar-refractivity contribution in [1.82, 2.24) is 0 Å². The molecule has 0 bridgehead atoms. The van der Waals surface area contributed by atoms with E-state index in [-0.39, 0.29) is 10.8 Å². The lowest BCUT2D eigenvalue weighted by atomic mass is 9.63. The fourth-order valence-electron chi connectivity index (χ4n) is 5.03. The summed E-state index contributed by atoms with van der Waals surface area (Å²) in [7, 11) is 0. The Kier molecular flexibility index (Phi) is 10.5. The van der Waals surface area contributed by atoms with Crippen molar-refractivity contribution in [3.63, 3.8) is 0 Å². The highest BCUT2D eigenvalue weighted by atomic mass is 16.1. The van der Waals surface area contributed by atoms with Crippen molar-refractivity contribution in [3.8, 4) is 0 Å². The number of unbranched alkanes of at least 4 members (excludes halogenated alkanes) is 11. The molecule has 0 saturated heterocycles. The Labute approximate surface area is 193 Å². The molecule has 1 radical (unpaired) electrons. The van der Waals surface area contributed by atoms with Gasteiger partial charge in [-0.1, -0.05) is 123 Å². The number of fused-ring (bicyclic) bond motifs is 1. The molecular formula is C30H47O. The largest absolute Gasteiger partial charge is 0.285 e. The van der Waals surface area contributed by atoms with Crippen LogP contribution in [0.2, 0.25) is 0 Å². The van der Waals surface area contributed by atoms with Crippen molar-refractivity contribution in [2.75, 3.05) is 0 Å². The van der Waals surface area contributed by atoms with Gasteiger partial charge in [-0.05, 0) is 53.2 Å². The smallest absolute Gasteiger partial charge is 0.233 e. The molecule has 1 nitrogen and oxygen atoms in total. The van der Waals surface area contributed by atoms with Crippen molar-refractivity contribution in [1.29, 1.82) is 0 Å². The molecule has 1 aromatic rings. The molecule has 0 aromatic heterocycles. The molecule has 0 unspecified atom stereocenters. The van der Waals surface area contributed by atoms with Crippen molar-refractivity contribution < 1.29 is 4.79 Å². The molecule has 1 aliphatic rings. The summed E-state index contributed by atoms with van der Waals surface area (Å²) < 4.78 is 0. The molecule has 1 aromatic carbocycles. The zero-order chi connectivity index (χ0) is 22.7. The minimum absolute atomic E-state index is 0.171. The van der Waals surface area contributed by atoms with Gasteiger partial charge < -0.3 is 0 Å². The van der Waals surface area contributed by atoms with E-state index < -0.39 is 0 Å². The van der Waals surface area contributed by atoms with Crippen LogP contribution < -0.4 is 0 Å². The molecule has 0 aliphatic heterocycles. The van der Waals surface area contributed by atoms with E-state index in [0.717, 1.165) is 17.6 Å². The molecule has 0 amide bonds. The molecule has 1 heteroatoms. The number of hydrogen-bond acceptors (Lipinski definition) is 1. The van der Waals surface area contributed by atoms with Crippen molar-refractivity contribution in [2.24, 2.45) is 0 Å². The van der Waals surface area contributed by atoms with Crippen LogP contribution in [0.4, 0.5) is 0 Å². The Morgan fingerprint density at radius 1 is 0.806 bits per heavy atom. The highest BCUT2D eigenvalue weighted by Gasteiger charge is 2.37. The van der Waals surface area contributed by atoms with Crippen LogP contribution in [-0.4, -0.2) is 6.29 Å². The first-order valence-electron chi connectivity index (χ1n) is 13.1. The third kappa shape index (κ3) is 7.92. The summed E-state index contributed by atoms with van der Waals surface area (Å²) in [5, 5.41) is 0. The van der Waals surface area contributed by atoms with E-state index in [4.69, 9.17) is 0 Å². The maximum atomic E-state index is 11.7. The fraction of sp³-hybridized carbons (Fsp3) is 0.700. The first kappa shape index (κ1) is 25.9. The first-order chi connectivity index (χ1) is 14.8. The number of rotatable bonds is 14. The molecule has 0 heterocycles. The lowest BCUT2D eigenvalue weighted by Gasteiger charge is -2.42. The predicted molar refractivity (Wildman–Crippen MR) is 136 cm³/mol. The summed E-state index contributed by atoms with van der Waals surface area (Å²) in [6, 6.07) is 6.67. The van der Waals surface area contributed by atoms with Gasteiger partial charge in [-0.2, -0.15) is 0 Å². The monoisotopic (exact) mass is 423 g/mol. The Bertz CT molecular complexity index is 707. The maximum Gasteiger partial charge on any atom is 0.233 e. The Balaban J connectivity index is 1.79. The SMILES string of the molecule is CCCCCCCCCCCCC/C=C(/[C]=O)c1ccc2c(c1)C(C)(C)CCC2(C)C. The number of carbonyl (C=O) groups excluding carboxylic acids is 1. The Morgan fingerprint density at radius 2 is 1.32 bits per heavy atom. The molecule has 0 atom stereocenters. The van der Waals surface area contributed by atoms with Crippen LogP contribution in [0.15, 0.2) is 24.3 Å². The summed E-state index contributed by atoms with van der Waals surface area (Å²) in [6.45, 7) is 11.6. The van der Waals surface area contributed by atoms with Crippen LogP contribution >= 0.6 is 0 Å². The third-order valence-electron chi connectivity index (χ3n) is 7.43. The average Bonchev–Trinajstić information content (AvgIpc) is 2.75. The van der Waals surface area contributed by atoms with E-state index >= 15 is 0 Å². The van der Waals surface area contributed by atoms with E-state index in [2.05, 4.69) is 65.2 Å². The Morgan fingerprint density at radius 3 is 1.87 bits per heavy atom. The maximum absolute atomic E-state index is 11.7. The minimum atomic E-state index is 0.171. The van der Waals surface area contributed by atoms with Gasteiger partial charge in [0.15, 0.2) is 0 Å². The summed E-state index contributed by atoms with van der Waals surface area (Å²) in [6.07, 6.45) is 22.6. The van der Waals surface area contributed by atoms with Crippen molar-refractivity contribution in [2.45, 2.75) is 135 Å². The predicted octanol–water partition coefficient (Wildman–Crippen LogP) is 9.23. The number of benzene rings is 1. The summed E-state index contributed by atoms with van der Waals surface area (Å²) in [5.41, 5.74) is 5.04. The van der Waals surface area contributed by atoms with Gasteiger partial charge in [0, 0.05) is 5.57 Å². The average molecular weight is 424 g/mol. The Hall–Kier alpha value is -1.37. The highest BCUT2D eigenvalue weighted by molar-refractivity contribution is 6.07. The molecular weight excluding hydrogens is 376 g/mol. The topological polar surface area (TPSA) is 17.1 Å². The van der Waals surface area contributed by atoms with Crippen LogP contribution in [0.3, 0.4) is 0 Å². The van der Waals surface area contributed by atoms with Gasteiger partial charge in [0.25, 0.3) is 0 Å². The van der Waals surface area contributed by atoms with E-state index in [0.29, 0.717) is 0 Å². The van der Waals surface area contributed by atoms with Gasteiger partial charge in [-0.3, -0.25) is 4.79 Å². The van der Waals surface area contributed by atoms with Gasteiger partial charge >= 0.3 is 0 Å². The van der Waals surface area contributed by atoms with Crippen LogP contribution in [0.1, 0.15) is 141 Å². The van der Waals surface area contributed by atoms with Gasteiger partial charge in [0.2, 0.25) is 6.29 Å². The lowest BCUT2D eigenvalue weighted by molar-refractivity contribution is 0.332. The summed E-state index contributed by atoms with van der Waals surface area (Å²) in [4.78, 5) is 11.7. The second kappa shape index (κ2) is 12.6. The molecule has 0 N–H and O–H groups in total. The van der Waals surface area contributed by atoms with Crippen LogP contribution in [0, 0.1) is 0 Å². The fourth-order valence-corrected chi connectivity index (χ4v) is 5.03. The summed E-state index contributed by atoms with van der Waals surface area (Å²) >= 11 is 0. The molecule has 0 fully saturated rings.